The lowest BCUT2D eigenvalue weighted by molar-refractivity contribution is -0.121. The first kappa shape index (κ1) is 16.2. The number of carbonyl (C=O) groups is 1. The van der Waals surface area contributed by atoms with E-state index in [1.807, 2.05) is 54.6 Å². The van der Waals surface area contributed by atoms with Crippen molar-refractivity contribution in [3.8, 4) is 0 Å². The molecule has 3 nitrogen and oxygen atoms in total. The van der Waals surface area contributed by atoms with Gasteiger partial charge in [-0.15, -0.1) is 0 Å². The van der Waals surface area contributed by atoms with Crippen LogP contribution in [0.5, 0.6) is 0 Å². The Labute approximate surface area is 130 Å². The molecule has 116 valence electrons. The maximum Gasteiger partial charge on any atom is 0.222 e. The monoisotopic (exact) mass is 301 g/mol. The van der Waals surface area contributed by atoms with Crippen LogP contribution in [0.3, 0.4) is 0 Å². The highest BCUT2D eigenvalue weighted by Gasteiger charge is 2.05. The van der Waals surface area contributed by atoms with Gasteiger partial charge in [0, 0.05) is 6.54 Å². The van der Waals surface area contributed by atoms with E-state index in [-0.39, 0.29) is 12.3 Å². The van der Waals surface area contributed by atoms with Crippen molar-refractivity contribution < 1.29 is 13.9 Å². The fourth-order valence-electron chi connectivity index (χ4n) is 2.09. The number of nitrogens with one attached hydrogen (secondary N) is 1. The molecule has 0 aliphatic heterocycles. The molecule has 2 rings (SSSR count). The second-order valence-electron chi connectivity index (χ2n) is 4.96. The van der Waals surface area contributed by atoms with Crippen LogP contribution in [0.25, 0.3) is 0 Å². The number of rotatable bonds is 8. The van der Waals surface area contributed by atoms with Crippen LogP contribution in [0.15, 0.2) is 54.6 Å². The van der Waals surface area contributed by atoms with Crippen molar-refractivity contribution in [1.82, 2.24) is 5.32 Å². The molecule has 1 N–H and O–H groups in total. The summed E-state index contributed by atoms with van der Waals surface area (Å²) in [7, 11) is 0. The predicted octanol–water partition coefficient (Wildman–Crippen LogP) is 3.38. The van der Waals surface area contributed by atoms with E-state index in [4.69, 9.17) is 4.74 Å². The summed E-state index contributed by atoms with van der Waals surface area (Å²) in [6, 6.07) is 17.7. The summed E-state index contributed by atoms with van der Waals surface area (Å²) in [4.78, 5) is 11.3. The van der Waals surface area contributed by atoms with Crippen LogP contribution in [-0.4, -0.2) is 12.6 Å². The minimum absolute atomic E-state index is 0.0906. The van der Waals surface area contributed by atoms with Crippen molar-refractivity contribution in [3.05, 3.63) is 71.3 Å². The number of amides is 1. The highest BCUT2D eigenvalue weighted by molar-refractivity contribution is 5.75. The average Bonchev–Trinajstić information content (AvgIpc) is 2.55. The maximum atomic E-state index is 12.1. The Morgan fingerprint density at radius 1 is 0.955 bits per heavy atom. The first-order chi connectivity index (χ1) is 10.8. The van der Waals surface area contributed by atoms with Crippen LogP contribution < -0.4 is 5.32 Å². The van der Waals surface area contributed by atoms with E-state index in [9.17, 15) is 9.18 Å². The van der Waals surface area contributed by atoms with Gasteiger partial charge < -0.3 is 10.1 Å². The van der Waals surface area contributed by atoms with E-state index >= 15 is 0 Å². The number of halogens is 1. The van der Waals surface area contributed by atoms with Crippen LogP contribution in [0.2, 0.25) is 0 Å². The largest absolute Gasteiger partial charge is 0.372 e. The molecular weight excluding hydrogens is 281 g/mol. The molecule has 0 bridgehead atoms. The van der Waals surface area contributed by atoms with Gasteiger partial charge in [-0.25, -0.2) is 0 Å². The third-order valence-corrected chi connectivity index (χ3v) is 3.29. The van der Waals surface area contributed by atoms with E-state index in [2.05, 4.69) is 5.32 Å². The quantitative estimate of drug-likeness (QED) is 0.811. The first-order valence-electron chi connectivity index (χ1n) is 7.30. The maximum absolute atomic E-state index is 12.1. The van der Waals surface area contributed by atoms with E-state index in [0.29, 0.717) is 19.8 Å². The summed E-state index contributed by atoms with van der Waals surface area (Å²) in [5.74, 6) is -0.275. The van der Waals surface area contributed by atoms with Gasteiger partial charge >= 0.3 is 0 Å². The minimum atomic E-state index is -0.631. The van der Waals surface area contributed by atoms with Gasteiger partial charge in [-0.3, -0.25) is 9.18 Å². The van der Waals surface area contributed by atoms with Crippen LogP contribution in [0, 0.1) is 0 Å². The molecule has 0 heterocycles. The molecule has 0 radical (unpaired) electrons. The van der Waals surface area contributed by atoms with Gasteiger partial charge in [0.05, 0.1) is 26.3 Å². The van der Waals surface area contributed by atoms with E-state index in [1.165, 1.54) is 0 Å². The Morgan fingerprint density at radius 3 is 2.36 bits per heavy atom. The molecule has 0 atom stereocenters. The highest BCUT2D eigenvalue weighted by Crippen LogP contribution is 2.11. The van der Waals surface area contributed by atoms with E-state index in [1.54, 1.807) is 0 Å². The second kappa shape index (κ2) is 8.95. The number of alkyl halides is 1. The van der Waals surface area contributed by atoms with Crippen molar-refractivity contribution in [3.63, 3.8) is 0 Å². The topological polar surface area (TPSA) is 38.3 Å². The third-order valence-electron chi connectivity index (χ3n) is 3.29. The predicted molar refractivity (Wildman–Crippen MR) is 83.8 cm³/mol. The fourth-order valence-corrected chi connectivity index (χ4v) is 2.09. The van der Waals surface area contributed by atoms with Crippen molar-refractivity contribution in [1.29, 1.82) is 0 Å². The SMILES string of the molecule is O=C(CCF)NCc1ccccc1COCc1ccccc1. The zero-order valence-electron chi connectivity index (χ0n) is 12.4. The van der Waals surface area contributed by atoms with Crippen LogP contribution in [0.1, 0.15) is 23.1 Å². The van der Waals surface area contributed by atoms with Crippen LogP contribution >= 0.6 is 0 Å². The standard InChI is InChI=1S/C18H20FNO2/c19-11-10-18(21)20-12-16-8-4-5-9-17(16)14-22-13-15-6-2-1-3-7-15/h1-9H,10-14H2,(H,20,21). The summed E-state index contributed by atoms with van der Waals surface area (Å²) in [6.45, 7) is 0.783. The summed E-state index contributed by atoms with van der Waals surface area (Å²) in [6.07, 6.45) is -0.0906. The molecule has 0 unspecified atom stereocenters. The molecule has 0 aliphatic carbocycles. The van der Waals surface area contributed by atoms with Crippen molar-refractivity contribution in [2.24, 2.45) is 0 Å². The van der Waals surface area contributed by atoms with Crippen molar-refractivity contribution >= 4 is 5.91 Å². The summed E-state index contributed by atoms with van der Waals surface area (Å²) < 4.78 is 17.8. The van der Waals surface area contributed by atoms with Gasteiger partial charge in [0.15, 0.2) is 0 Å². The zero-order valence-corrected chi connectivity index (χ0v) is 12.4. The second-order valence-corrected chi connectivity index (χ2v) is 4.96. The fraction of sp³-hybridized carbons (Fsp3) is 0.278. The molecule has 2 aromatic carbocycles. The smallest absolute Gasteiger partial charge is 0.222 e. The molecular formula is C18H20FNO2. The van der Waals surface area contributed by atoms with Gasteiger partial charge in [-0.2, -0.15) is 0 Å². The molecule has 4 heteroatoms. The molecule has 2 aromatic rings. The molecule has 22 heavy (non-hydrogen) atoms. The van der Waals surface area contributed by atoms with E-state index < -0.39 is 6.67 Å². The summed E-state index contributed by atoms with van der Waals surface area (Å²) in [5, 5.41) is 2.71. The summed E-state index contributed by atoms with van der Waals surface area (Å²) in [5.41, 5.74) is 3.14. The van der Waals surface area contributed by atoms with Gasteiger partial charge in [0.1, 0.15) is 0 Å². The molecule has 0 spiro atoms. The molecule has 0 aliphatic rings. The minimum Gasteiger partial charge on any atom is -0.372 e. The van der Waals surface area contributed by atoms with Gasteiger partial charge in [-0.05, 0) is 16.7 Å². The third kappa shape index (κ3) is 5.30. The summed E-state index contributed by atoms with van der Waals surface area (Å²) >= 11 is 0. The highest BCUT2D eigenvalue weighted by atomic mass is 19.1. The number of hydrogen-bond donors (Lipinski definition) is 1. The van der Waals surface area contributed by atoms with Crippen LogP contribution in [0.4, 0.5) is 4.39 Å². The Morgan fingerprint density at radius 2 is 1.64 bits per heavy atom. The van der Waals surface area contributed by atoms with Gasteiger partial charge in [0.2, 0.25) is 5.91 Å². The number of hydrogen-bond acceptors (Lipinski definition) is 2. The first-order valence-corrected chi connectivity index (χ1v) is 7.30. The Kier molecular flexibility index (Phi) is 6.58. The van der Waals surface area contributed by atoms with Crippen molar-refractivity contribution in [2.45, 2.75) is 26.2 Å². The molecule has 0 saturated carbocycles. The molecule has 0 aromatic heterocycles. The lowest BCUT2D eigenvalue weighted by atomic mass is 10.1. The lowest BCUT2D eigenvalue weighted by Crippen LogP contribution is -2.23. The Hall–Kier alpha value is -2.20. The van der Waals surface area contributed by atoms with Crippen molar-refractivity contribution in [2.75, 3.05) is 6.67 Å². The van der Waals surface area contributed by atoms with Gasteiger partial charge in [0.25, 0.3) is 0 Å². The zero-order chi connectivity index (χ0) is 15.6. The van der Waals surface area contributed by atoms with Gasteiger partial charge in [-0.1, -0.05) is 54.6 Å². The Balaban J connectivity index is 1.86. The molecule has 0 saturated heterocycles. The number of carbonyl (C=O) groups excluding carboxylic acids is 1. The molecule has 1 amide bonds. The normalized spacial score (nSPS) is 10.4. The van der Waals surface area contributed by atoms with E-state index in [0.717, 1.165) is 16.7 Å². The average molecular weight is 301 g/mol. The van der Waals surface area contributed by atoms with Crippen LogP contribution in [-0.2, 0) is 29.3 Å². The lowest BCUT2D eigenvalue weighted by Gasteiger charge is -2.11. The number of benzene rings is 2. The molecule has 0 fully saturated rings. The Bertz CT molecular complexity index is 587. The number of ether oxygens (including phenoxy) is 1.